The zero-order chi connectivity index (χ0) is 15.5. The predicted octanol–water partition coefficient (Wildman–Crippen LogP) is 3.59. The number of nitriles is 1. The third kappa shape index (κ3) is 3.26. The maximum Gasteiger partial charge on any atom is 0.416 e. The first kappa shape index (κ1) is 14.7. The maximum atomic E-state index is 12.7. The molecule has 0 amide bonds. The fraction of sp³-hybridized carbons (Fsp3) is 0.133. The third-order valence-corrected chi connectivity index (χ3v) is 2.91. The number of hydrogen-bond donors (Lipinski definition) is 0. The van der Waals surface area contributed by atoms with Crippen LogP contribution in [0.3, 0.4) is 0 Å². The van der Waals surface area contributed by atoms with Crippen LogP contribution >= 0.6 is 0 Å². The van der Waals surface area contributed by atoms with Crippen LogP contribution in [-0.4, -0.2) is 10.8 Å². The average Bonchev–Trinajstić information content (AvgIpc) is 2.48. The SMILES string of the molecule is N#CC(C(=O)c1cccc(C(F)(F)F)c1)c1ccncc1. The molecule has 0 spiro atoms. The molecule has 0 fully saturated rings. The first-order valence-corrected chi connectivity index (χ1v) is 5.94. The minimum atomic E-state index is -4.53. The van der Waals surface area contributed by atoms with Gasteiger partial charge in [0.25, 0.3) is 0 Å². The molecule has 3 nitrogen and oxygen atoms in total. The number of halogens is 3. The van der Waals surface area contributed by atoms with E-state index >= 15 is 0 Å². The number of carbonyl (C=O) groups excluding carboxylic acids is 1. The smallest absolute Gasteiger partial charge is 0.292 e. The van der Waals surface area contributed by atoms with Crippen LogP contribution in [-0.2, 0) is 6.18 Å². The van der Waals surface area contributed by atoms with Crippen molar-refractivity contribution in [3.63, 3.8) is 0 Å². The second-order valence-corrected chi connectivity index (χ2v) is 4.29. The van der Waals surface area contributed by atoms with Crippen LogP contribution in [0.1, 0.15) is 27.4 Å². The monoisotopic (exact) mass is 290 g/mol. The van der Waals surface area contributed by atoms with Gasteiger partial charge in [0, 0.05) is 18.0 Å². The van der Waals surface area contributed by atoms with Crippen molar-refractivity contribution >= 4 is 5.78 Å². The zero-order valence-electron chi connectivity index (χ0n) is 10.6. The number of carbonyl (C=O) groups is 1. The quantitative estimate of drug-likeness (QED) is 0.812. The van der Waals surface area contributed by atoms with Gasteiger partial charge in [0.15, 0.2) is 5.78 Å². The largest absolute Gasteiger partial charge is 0.416 e. The van der Waals surface area contributed by atoms with Gasteiger partial charge in [-0.2, -0.15) is 18.4 Å². The van der Waals surface area contributed by atoms with Gasteiger partial charge in [0.2, 0.25) is 0 Å². The Kier molecular flexibility index (Phi) is 4.03. The van der Waals surface area contributed by atoms with Crippen molar-refractivity contribution < 1.29 is 18.0 Å². The summed E-state index contributed by atoms with van der Waals surface area (Å²) in [7, 11) is 0. The van der Waals surface area contributed by atoms with Crippen LogP contribution in [0.5, 0.6) is 0 Å². The molecule has 1 aromatic heterocycles. The summed E-state index contributed by atoms with van der Waals surface area (Å²) in [5.74, 6) is -1.83. The lowest BCUT2D eigenvalue weighted by atomic mass is 9.92. The molecule has 1 atom stereocenters. The molecule has 1 heterocycles. The summed E-state index contributed by atoms with van der Waals surface area (Å²) in [5.41, 5.74) is -0.664. The molecule has 0 aliphatic heterocycles. The molecule has 2 rings (SSSR count). The van der Waals surface area contributed by atoms with E-state index in [1.165, 1.54) is 30.6 Å². The molecule has 0 saturated heterocycles. The summed E-state index contributed by atoms with van der Waals surface area (Å²) in [5, 5.41) is 9.13. The summed E-state index contributed by atoms with van der Waals surface area (Å²) in [4.78, 5) is 16.0. The zero-order valence-corrected chi connectivity index (χ0v) is 10.6. The van der Waals surface area contributed by atoms with Crippen molar-refractivity contribution in [3.8, 4) is 6.07 Å². The number of benzene rings is 1. The van der Waals surface area contributed by atoms with Crippen molar-refractivity contribution in [2.24, 2.45) is 0 Å². The van der Waals surface area contributed by atoms with E-state index < -0.39 is 23.4 Å². The van der Waals surface area contributed by atoms with Gasteiger partial charge < -0.3 is 0 Å². The minimum Gasteiger partial charge on any atom is -0.292 e. The summed E-state index contributed by atoms with van der Waals surface area (Å²) in [6.07, 6.45) is -1.70. The third-order valence-electron chi connectivity index (χ3n) is 2.91. The van der Waals surface area contributed by atoms with Gasteiger partial charge in [-0.15, -0.1) is 0 Å². The molecule has 0 saturated carbocycles. The van der Waals surface area contributed by atoms with E-state index in [-0.39, 0.29) is 5.56 Å². The van der Waals surface area contributed by atoms with Crippen molar-refractivity contribution in [1.82, 2.24) is 4.98 Å². The molecule has 106 valence electrons. The first-order valence-electron chi connectivity index (χ1n) is 5.94. The Hall–Kier alpha value is -2.68. The molecule has 0 aliphatic carbocycles. The second-order valence-electron chi connectivity index (χ2n) is 4.29. The molecule has 2 aromatic rings. The van der Waals surface area contributed by atoms with Crippen LogP contribution < -0.4 is 0 Å². The van der Waals surface area contributed by atoms with Gasteiger partial charge >= 0.3 is 6.18 Å². The molecule has 0 bridgehead atoms. The lowest BCUT2D eigenvalue weighted by Gasteiger charge is -2.11. The predicted molar refractivity (Wildman–Crippen MR) is 68.4 cm³/mol. The first-order chi connectivity index (χ1) is 9.93. The van der Waals surface area contributed by atoms with E-state index in [0.717, 1.165) is 18.2 Å². The Labute approximate surface area is 118 Å². The van der Waals surface area contributed by atoms with Crippen LogP contribution in [0.15, 0.2) is 48.8 Å². The number of Topliss-reactive ketones (excluding diaryl/α,β-unsaturated/α-hetero) is 1. The number of pyridine rings is 1. The molecule has 6 heteroatoms. The summed E-state index contributed by atoms with van der Waals surface area (Å²) >= 11 is 0. The maximum absolute atomic E-state index is 12.7. The molecule has 0 radical (unpaired) electrons. The lowest BCUT2D eigenvalue weighted by Crippen LogP contribution is -2.13. The van der Waals surface area contributed by atoms with Crippen LogP contribution in [0, 0.1) is 11.3 Å². The van der Waals surface area contributed by atoms with Gasteiger partial charge in [-0.3, -0.25) is 9.78 Å². The van der Waals surface area contributed by atoms with Crippen molar-refractivity contribution in [2.75, 3.05) is 0 Å². The van der Waals surface area contributed by atoms with E-state index in [1.807, 2.05) is 6.07 Å². The molecule has 0 aliphatic rings. The van der Waals surface area contributed by atoms with E-state index in [0.29, 0.717) is 5.56 Å². The van der Waals surface area contributed by atoms with E-state index in [2.05, 4.69) is 4.98 Å². The fourth-order valence-corrected chi connectivity index (χ4v) is 1.86. The Morgan fingerprint density at radius 2 is 1.86 bits per heavy atom. The van der Waals surface area contributed by atoms with Gasteiger partial charge in [-0.05, 0) is 29.8 Å². The Morgan fingerprint density at radius 3 is 2.43 bits per heavy atom. The summed E-state index contributed by atoms with van der Waals surface area (Å²) < 4.78 is 38.0. The lowest BCUT2D eigenvalue weighted by molar-refractivity contribution is -0.137. The average molecular weight is 290 g/mol. The van der Waals surface area contributed by atoms with E-state index in [4.69, 9.17) is 5.26 Å². The fourth-order valence-electron chi connectivity index (χ4n) is 1.86. The molecule has 21 heavy (non-hydrogen) atoms. The molecule has 1 unspecified atom stereocenters. The van der Waals surface area contributed by atoms with Crippen molar-refractivity contribution in [1.29, 1.82) is 5.26 Å². The highest BCUT2D eigenvalue weighted by molar-refractivity contribution is 6.02. The highest BCUT2D eigenvalue weighted by Gasteiger charge is 2.31. The normalized spacial score (nSPS) is 12.5. The molecule has 0 N–H and O–H groups in total. The Morgan fingerprint density at radius 1 is 1.19 bits per heavy atom. The van der Waals surface area contributed by atoms with Crippen molar-refractivity contribution in [2.45, 2.75) is 12.1 Å². The number of alkyl halides is 3. The van der Waals surface area contributed by atoms with Gasteiger partial charge in [-0.25, -0.2) is 0 Å². The number of hydrogen-bond acceptors (Lipinski definition) is 3. The number of rotatable bonds is 3. The highest BCUT2D eigenvalue weighted by Crippen LogP contribution is 2.30. The highest BCUT2D eigenvalue weighted by atomic mass is 19.4. The molecular weight excluding hydrogens is 281 g/mol. The minimum absolute atomic E-state index is 0.145. The molecule has 1 aromatic carbocycles. The van der Waals surface area contributed by atoms with Crippen molar-refractivity contribution in [3.05, 3.63) is 65.5 Å². The molecular formula is C15H9F3N2O. The van der Waals surface area contributed by atoms with Crippen LogP contribution in [0.2, 0.25) is 0 Å². The Balaban J connectivity index is 2.38. The van der Waals surface area contributed by atoms with Gasteiger partial charge in [0.05, 0.1) is 11.6 Å². The van der Waals surface area contributed by atoms with Crippen LogP contribution in [0.25, 0.3) is 0 Å². The van der Waals surface area contributed by atoms with Gasteiger partial charge in [-0.1, -0.05) is 12.1 Å². The summed E-state index contributed by atoms with van der Waals surface area (Å²) in [6.45, 7) is 0. The van der Waals surface area contributed by atoms with E-state index in [1.54, 1.807) is 0 Å². The van der Waals surface area contributed by atoms with Gasteiger partial charge in [0.1, 0.15) is 5.92 Å². The standard InChI is InChI=1S/C15H9F3N2O/c16-15(17,18)12-3-1-2-11(8-12)14(21)13(9-19)10-4-6-20-7-5-10/h1-8,13H. The topological polar surface area (TPSA) is 53.8 Å². The Bertz CT molecular complexity index is 690. The van der Waals surface area contributed by atoms with E-state index in [9.17, 15) is 18.0 Å². The number of nitrogens with zero attached hydrogens (tertiary/aromatic N) is 2. The van der Waals surface area contributed by atoms with Crippen LogP contribution in [0.4, 0.5) is 13.2 Å². The second kappa shape index (κ2) is 5.75. The number of aromatic nitrogens is 1. The number of ketones is 1. The summed E-state index contributed by atoms with van der Waals surface area (Å²) in [6, 6.07) is 8.84.